The molecule has 356 valence electrons. The Balaban J connectivity index is 0.000000349. The molecular formula is C51H66Br2O12. The molecule has 0 aromatic heterocycles. The van der Waals surface area contributed by atoms with Crippen LogP contribution in [-0.2, 0) is 49.5 Å². The highest BCUT2D eigenvalue weighted by Crippen LogP contribution is 2.39. The van der Waals surface area contributed by atoms with Crippen LogP contribution in [0.25, 0.3) is 0 Å². The molecule has 0 saturated heterocycles. The molecule has 0 bridgehead atoms. The maximum Gasteiger partial charge on any atom is 0.323 e. The quantitative estimate of drug-likeness (QED) is 0.0557. The van der Waals surface area contributed by atoms with Crippen molar-refractivity contribution in [3.05, 3.63) is 104 Å². The van der Waals surface area contributed by atoms with E-state index in [0.29, 0.717) is 54.4 Å². The number of aryl methyl sites for hydroxylation is 2. The minimum atomic E-state index is -1.53. The highest BCUT2D eigenvalue weighted by Gasteiger charge is 2.48. The second kappa shape index (κ2) is 26.3. The van der Waals surface area contributed by atoms with Crippen LogP contribution >= 0.6 is 31.9 Å². The van der Waals surface area contributed by atoms with Gasteiger partial charge >= 0.3 is 17.9 Å². The molecule has 12 nitrogen and oxygen atoms in total. The Morgan fingerprint density at radius 1 is 0.554 bits per heavy atom. The minimum Gasteiger partial charge on any atom is -0.493 e. The number of methoxy groups -OCH3 is 4. The topological polar surface area (TPSA) is 145 Å². The molecule has 1 N–H and O–H groups in total. The summed E-state index contributed by atoms with van der Waals surface area (Å²) in [5.74, 6) is 1.44. The molecule has 0 saturated carbocycles. The van der Waals surface area contributed by atoms with E-state index in [2.05, 4.69) is 31.9 Å². The molecule has 0 aliphatic rings. The van der Waals surface area contributed by atoms with Gasteiger partial charge in [0.25, 0.3) is 0 Å². The van der Waals surface area contributed by atoms with Gasteiger partial charge in [-0.15, -0.1) is 0 Å². The van der Waals surface area contributed by atoms with Crippen LogP contribution in [0.3, 0.4) is 0 Å². The lowest BCUT2D eigenvalue weighted by Crippen LogP contribution is -2.43. The summed E-state index contributed by atoms with van der Waals surface area (Å²) >= 11 is 7.15. The fourth-order valence-corrected chi connectivity index (χ4v) is 8.06. The van der Waals surface area contributed by atoms with Gasteiger partial charge in [-0.3, -0.25) is 14.4 Å². The third-order valence-corrected chi connectivity index (χ3v) is 11.5. The Labute approximate surface area is 401 Å². The zero-order valence-corrected chi connectivity index (χ0v) is 42.9. The number of halogens is 2. The number of carbonyl (C=O) groups is 3. The molecule has 1 unspecified atom stereocenters. The first kappa shape index (κ1) is 54.4. The Hall–Kier alpha value is -4.95. The van der Waals surface area contributed by atoms with E-state index in [0.717, 1.165) is 36.9 Å². The van der Waals surface area contributed by atoms with Gasteiger partial charge in [0.15, 0.2) is 28.4 Å². The summed E-state index contributed by atoms with van der Waals surface area (Å²) in [6, 6.07) is 22.5. The standard InChI is InChI=1S/C27H35BrO7.C24H31BrO5/c1-17(2)34-21-10-8-19(9-11-21)16-27(25(29)32-6,26(30)33-7)13-12-20-14-24(35-18(3)4)23(31-5)15-22(20)28;1-15(2)29-20-10-6-17(7-11-20)12-19(24(26)27)9-8-18-13-23(30-16(3)4)22(28-5)14-21(18)25/h8-11,14-15,17-18H,12-13,16H2,1-7H3;6-7,10-11,13-16,19H,8-9,12H2,1-5H3,(H,26,27). The fraction of sp³-hybridized carbons (Fsp3) is 0.471. The van der Waals surface area contributed by atoms with Crippen LogP contribution in [0, 0.1) is 11.3 Å². The Bertz CT molecular complexity index is 2120. The normalized spacial score (nSPS) is 11.7. The van der Waals surface area contributed by atoms with E-state index in [1.165, 1.54) is 14.2 Å². The van der Waals surface area contributed by atoms with Gasteiger partial charge in [0.1, 0.15) is 11.5 Å². The summed E-state index contributed by atoms with van der Waals surface area (Å²) in [4.78, 5) is 38.0. The minimum absolute atomic E-state index is 0.0161. The summed E-state index contributed by atoms with van der Waals surface area (Å²) in [5.41, 5.74) is 2.10. The maximum atomic E-state index is 13.1. The zero-order chi connectivity index (χ0) is 48.4. The number of rotatable bonds is 23. The highest BCUT2D eigenvalue weighted by molar-refractivity contribution is 9.10. The summed E-state index contributed by atoms with van der Waals surface area (Å²) in [6.45, 7) is 15.6. The van der Waals surface area contributed by atoms with E-state index >= 15 is 0 Å². The summed E-state index contributed by atoms with van der Waals surface area (Å²) in [6.07, 6.45) is 2.40. The molecule has 65 heavy (non-hydrogen) atoms. The lowest BCUT2D eigenvalue weighted by molar-refractivity contribution is -0.169. The molecule has 4 rings (SSSR count). The second-order valence-electron chi connectivity index (χ2n) is 16.7. The molecule has 0 aliphatic carbocycles. The number of hydrogen-bond donors (Lipinski definition) is 1. The van der Waals surface area contributed by atoms with E-state index < -0.39 is 29.2 Å². The van der Waals surface area contributed by atoms with Crippen LogP contribution < -0.4 is 28.4 Å². The van der Waals surface area contributed by atoms with Crippen LogP contribution in [0.5, 0.6) is 34.5 Å². The van der Waals surface area contributed by atoms with Gasteiger partial charge in [-0.25, -0.2) is 0 Å². The van der Waals surface area contributed by atoms with Crippen molar-refractivity contribution in [3.63, 3.8) is 0 Å². The van der Waals surface area contributed by atoms with E-state index in [9.17, 15) is 19.5 Å². The Morgan fingerprint density at radius 3 is 1.32 bits per heavy atom. The van der Waals surface area contributed by atoms with Crippen molar-refractivity contribution >= 4 is 49.8 Å². The molecule has 0 radical (unpaired) electrons. The molecule has 4 aromatic rings. The zero-order valence-electron chi connectivity index (χ0n) is 39.8. The Kier molecular flexibility index (Phi) is 22.0. The maximum absolute atomic E-state index is 13.1. The first-order chi connectivity index (χ1) is 30.7. The number of aliphatic carboxylic acids is 1. The van der Waals surface area contributed by atoms with Crippen molar-refractivity contribution in [1.29, 1.82) is 0 Å². The van der Waals surface area contributed by atoms with Gasteiger partial charge in [-0.2, -0.15) is 0 Å². The third-order valence-electron chi connectivity index (χ3n) is 10.1. The van der Waals surface area contributed by atoms with Crippen LogP contribution in [0.1, 0.15) is 90.5 Å². The number of benzene rings is 4. The lowest BCUT2D eigenvalue weighted by atomic mass is 9.76. The second-order valence-corrected chi connectivity index (χ2v) is 18.4. The molecule has 14 heteroatoms. The smallest absolute Gasteiger partial charge is 0.323 e. The van der Waals surface area contributed by atoms with Crippen molar-refractivity contribution < 1.29 is 57.4 Å². The predicted molar refractivity (Wildman–Crippen MR) is 259 cm³/mol. The van der Waals surface area contributed by atoms with Gasteiger partial charge in [0.05, 0.1) is 58.8 Å². The molecule has 4 aromatic carbocycles. The molecule has 1 atom stereocenters. The van der Waals surface area contributed by atoms with Crippen LogP contribution in [0.15, 0.2) is 81.7 Å². The molecule has 0 aliphatic heterocycles. The SMILES string of the molecule is COC(=O)C(CCc1cc(OC(C)C)c(OC)cc1Br)(Cc1ccc(OC(C)C)cc1)C(=O)OC.COc1cc(Br)c(CCC(Cc2ccc(OC(C)C)cc2)C(=O)O)cc1OC(C)C. The molecule has 0 fully saturated rings. The largest absolute Gasteiger partial charge is 0.493 e. The number of hydrogen-bond acceptors (Lipinski definition) is 11. The molecular weight excluding hydrogens is 964 g/mol. The number of ether oxygens (including phenoxy) is 8. The van der Waals surface area contributed by atoms with Crippen molar-refractivity contribution in [3.8, 4) is 34.5 Å². The van der Waals surface area contributed by atoms with E-state index in [1.54, 1.807) is 14.2 Å². The summed E-state index contributed by atoms with van der Waals surface area (Å²) in [7, 11) is 5.73. The average molecular weight is 1030 g/mol. The highest BCUT2D eigenvalue weighted by atomic mass is 79.9. The van der Waals surface area contributed by atoms with Gasteiger partial charge < -0.3 is 43.0 Å². The van der Waals surface area contributed by atoms with E-state index in [4.69, 9.17) is 37.9 Å². The van der Waals surface area contributed by atoms with Crippen molar-refractivity contribution in [2.75, 3.05) is 28.4 Å². The van der Waals surface area contributed by atoms with Crippen molar-refractivity contribution in [1.82, 2.24) is 0 Å². The first-order valence-electron chi connectivity index (χ1n) is 21.7. The molecule has 0 amide bonds. The van der Waals surface area contributed by atoms with Crippen molar-refractivity contribution in [2.24, 2.45) is 11.3 Å². The average Bonchev–Trinajstić information content (AvgIpc) is 3.25. The Morgan fingerprint density at radius 2 is 0.954 bits per heavy atom. The molecule has 0 heterocycles. The van der Waals surface area contributed by atoms with Crippen molar-refractivity contribution in [2.45, 2.75) is 118 Å². The lowest BCUT2D eigenvalue weighted by Gasteiger charge is -2.29. The van der Waals surface area contributed by atoms with Crippen LogP contribution in [0.2, 0.25) is 0 Å². The number of carbonyl (C=O) groups excluding carboxylic acids is 2. The fourth-order valence-electron chi connectivity index (χ4n) is 7.02. The van der Waals surface area contributed by atoms with Crippen LogP contribution in [0.4, 0.5) is 0 Å². The number of carboxylic acids is 1. The van der Waals surface area contributed by atoms with Gasteiger partial charge in [-0.05, 0) is 165 Å². The van der Waals surface area contributed by atoms with Crippen LogP contribution in [-0.4, -0.2) is 75.9 Å². The summed E-state index contributed by atoms with van der Waals surface area (Å²) in [5, 5.41) is 9.73. The van der Waals surface area contributed by atoms with Gasteiger partial charge in [-0.1, -0.05) is 56.1 Å². The molecule has 0 spiro atoms. The monoisotopic (exact) mass is 1030 g/mol. The third kappa shape index (κ3) is 16.8. The number of esters is 2. The first-order valence-corrected chi connectivity index (χ1v) is 23.3. The number of carboxylic acid groups (broad SMARTS) is 1. The summed E-state index contributed by atoms with van der Waals surface area (Å²) < 4.78 is 45.8. The van der Waals surface area contributed by atoms with Gasteiger partial charge in [0, 0.05) is 8.95 Å². The van der Waals surface area contributed by atoms with E-state index in [1.807, 2.05) is 128 Å². The predicted octanol–water partition coefficient (Wildman–Crippen LogP) is 11.4. The van der Waals surface area contributed by atoms with Gasteiger partial charge in [0.2, 0.25) is 0 Å². The van der Waals surface area contributed by atoms with E-state index in [-0.39, 0.29) is 37.3 Å².